The lowest BCUT2D eigenvalue weighted by atomic mass is 9.89. The van der Waals surface area contributed by atoms with Crippen molar-refractivity contribution in [3.8, 4) is 6.07 Å². The molecular weight excluding hydrogens is 462 g/mol. The van der Waals surface area contributed by atoms with E-state index in [0.717, 1.165) is 74.5 Å². The number of pyridine rings is 1. The third kappa shape index (κ3) is 3.64. The number of carbonyl (C=O) groups is 1. The quantitative estimate of drug-likeness (QED) is 0.592. The average Bonchev–Trinajstić information content (AvgIpc) is 3.27. The molecule has 0 bridgehead atoms. The van der Waals surface area contributed by atoms with Crippen molar-refractivity contribution in [1.29, 1.82) is 5.26 Å². The number of nitriles is 1. The van der Waals surface area contributed by atoms with Crippen LogP contribution in [0.5, 0.6) is 0 Å². The van der Waals surface area contributed by atoms with Crippen LogP contribution in [-0.4, -0.2) is 78.2 Å². The van der Waals surface area contributed by atoms with Crippen molar-refractivity contribution in [2.45, 2.75) is 38.0 Å². The van der Waals surface area contributed by atoms with Gasteiger partial charge < -0.3 is 15.1 Å². The lowest BCUT2D eigenvalue weighted by Gasteiger charge is -2.49. The van der Waals surface area contributed by atoms with Crippen molar-refractivity contribution in [2.75, 3.05) is 49.1 Å². The number of hydrogen-bond donors (Lipinski definition) is 1. The van der Waals surface area contributed by atoms with Crippen LogP contribution in [0.4, 0.5) is 16.2 Å². The summed E-state index contributed by atoms with van der Waals surface area (Å²) >= 11 is 0. The number of rotatable bonds is 2. The van der Waals surface area contributed by atoms with Gasteiger partial charge in [0, 0.05) is 80.9 Å². The second-order valence-corrected chi connectivity index (χ2v) is 10.8. The Morgan fingerprint density at radius 3 is 2.86 bits per heavy atom. The van der Waals surface area contributed by atoms with Crippen LogP contribution in [0.2, 0.25) is 0 Å². The number of nitrogens with one attached hydrogen (secondary N) is 1. The van der Waals surface area contributed by atoms with E-state index in [9.17, 15) is 10.1 Å². The zero-order chi connectivity index (χ0) is 25.1. The number of carbonyl (C=O) groups excluding carboxylic acids is 1. The molecule has 188 valence electrons. The van der Waals surface area contributed by atoms with Gasteiger partial charge >= 0.3 is 6.03 Å². The van der Waals surface area contributed by atoms with Crippen molar-refractivity contribution in [3.63, 3.8) is 0 Å². The number of hydrogen-bond acceptors (Lipinski definition) is 6. The Morgan fingerprint density at radius 1 is 1.08 bits per heavy atom. The minimum absolute atomic E-state index is 0.141. The molecule has 4 aliphatic heterocycles. The van der Waals surface area contributed by atoms with E-state index in [1.807, 2.05) is 21.9 Å². The second-order valence-electron chi connectivity index (χ2n) is 10.8. The second kappa shape index (κ2) is 8.72. The molecule has 2 aromatic carbocycles. The summed E-state index contributed by atoms with van der Waals surface area (Å²) in [6.07, 6.45) is 2.73. The minimum atomic E-state index is 0.141. The number of aromatic nitrogens is 1. The van der Waals surface area contributed by atoms with Crippen LogP contribution >= 0.6 is 0 Å². The molecule has 37 heavy (non-hydrogen) atoms. The highest BCUT2D eigenvalue weighted by Gasteiger charge is 2.40. The van der Waals surface area contributed by atoms with E-state index in [2.05, 4.69) is 63.4 Å². The molecule has 0 saturated carbocycles. The molecule has 1 aromatic heterocycles. The first kappa shape index (κ1) is 22.5. The van der Waals surface area contributed by atoms with E-state index in [0.29, 0.717) is 17.6 Å². The molecule has 3 saturated heterocycles. The van der Waals surface area contributed by atoms with Gasteiger partial charge in [-0.25, -0.2) is 4.79 Å². The van der Waals surface area contributed by atoms with Gasteiger partial charge in [-0.05, 0) is 60.9 Å². The first-order chi connectivity index (χ1) is 18.1. The number of urea groups is 1. The summed E-state index contributed by atoms with van der Waals surface area (Å²) in [7, 11) is 0. The molecule has 1 N–H and O–H groups in total. The molecule has 0 aliphatic carbocycles. The third-order valence-electron chi connectivity index (χ3n) is 8.69. The van der Waals surface area contributed by atoms with Gasteiger partial charge in [-0.2, -0.15) is 5.26 Å². The summed E-state index contributed by atoms with van der Waals surface area (Å²) < 4.78 is 0. The Labute approximate surface area is 217 Å². The standard InChI is InChI=1S/C29H31N7O/c1-19-15-33(27-7-5-20(13-30)28-26(27)3-2-8-32-28)17-24-12-22-11-23(6-4-21(22)16-35(19)24)36-18-25-14-31-9-10-34(25)29(36)37/h2-8,11,19,24-25,31H,9-10,12,14-18H2,1H3/t19-,24+,25+/m1/s1. The molecule has 0 radical (unpaired) electrons. The Hall–Kier alpha value is -3.67. The largest absolute Gasteiger partial charge is 0.368 e. The van der Waals surface area contributed by atoms with Crippen molar-refractivity contribution in [2.24, 2.45) is 0 Å². The summed E-state index contributed by atoms with van der Waals surface area (Å²) in [5.41, 5.74) is 6.30. The van der Waals surface area contributed by atoms with Crippen LogP contribution in [0.15, 0.2) is 48.7 Å². The maximum atomic E-state index is 13.1. The van der Waals surface area contributed by atoms with Crippen LogP contribution in [0, 0.1) is 11.3 Å². The number of nitrogens with zero attached hydrogens (tertiary/aromatic N) is 6. The zero-order valence-electron chi connectivity index (χ0n) is 21.1. The highest BCUT2D eigenvalue weighted by Crippen LogP contribution is 2.36. The fourth-order valence-electron chi connectivity index (χ4n) is 6.82. The highest BCUT2D eigenvalue weighted by atomic mass is 16.2. The van der Waals surface area contributed by atoms with E-state index < -0.39 is 0 Å². The summed E-state index contributed by atoms with van der Waals surface area (Å²) in [5, 5.41) is 14.0. The van der Waals surface area contributed by atoms with Crippen molar-refractivity contribution in [1.82, 2.24) is 20.1 Å². The lowest BCUT2D eigenvalue weighted by Crippen LogP contribution is -2.59. The average molecular weight is 494 g/mol. The Balaban J connectivity index is 1.17. The van der Waals surface area contributed by atoms with Gasteiger partial charge in [0.25, 0.3) is 0 Å². The smallest absolute Gasteiger partial charge is 0.324 e. The molecule has 8 heteroatoms. The van der Waals surface area contributed by atoms with Gasteiger partial charge in [-0.15, -0.1) is 0 Å². The van der Waals surface area contributed by atoms with E-state index in [4.69, 9.17) is 0 Å². The van der Waals surface area contributed by atoms with Gasteiger partial charge in [0.1, 0.15) is 6.07 Å². The summed E-state index contributed by atoms with van der Waals surface area (Å²) in [4.78, 5) is 26.7. The lowest BCUT2D eigenvalue weighted by molar-refractivity contribution is 0.101. The fraction of sp³-hybridized carbons (Fsp3) is 0.414. The van der Waals surface area contributed by atoms with Crippen LogP contribution in [0.3, 0.4) is 0 Å². The van der Waals surface area contributed by atoms with Gasteiger partial charge in [-0.3, -0.25) is 14.8 Å². The molecule has 0 spiro atoms. The maximum absolute atomic E-state index is 13.1. The fourth-order valence-corrected chi connectivity index (χ4v) is 6.82. The zero-order valence-corrected chi connectivity index (χ0v) is 21.1. The van der Waals surface area contributed by atoms with Crippen LogP contribution < -0.4 is 15.1 Å². The highest BCUT2D eigenvalue weighted by molar-refractivity contribution is 5.96. The molecule has 8 nitrogen and oxygen atoms in total. The molecule has 2 amide bonds. The topological polar surface area (TPSA) is 78.7 Å². The molecule has 3 fully saturated rings. The van der Waals surface area contributed by atoms with E-state index in [-0.39, 0.29) is 12.1 Å². The third-order valence-corrected chi connectivity index (χ3v) is 8.69. The summed E-state index contributed by atoms with van der Waals surface area (Å²) in [6, 6.07) is 18.1. The summed E-state index contributed by atoms with van der Waals surface area (Å²) in [6.45, 7) is 8.41. The molecular formula is C29H31N7O. The minimum Gasteiger partial charge on any atom is -0.368 e. The predicted molar refractivity (Wildman–Crippen MR) is 144 cm³/mol. The number of fused-ring (bicyclic) bond motifs is 4. The number of amides is 2. The summed E-state index contributed by atoms with van der Waals surface area (Å²) in [5.74, 6) is 0. The maximum Gasteiger partial charge on any atom is 0.324 e. The van der Waals surface area contributed by atoms with Crippen LogP contribution in [0.1, 0.15) is 23.6 Å². The number of anilines is 2. The van der Waals surface area contributed by atoms with Crippen LogP contribution in [0.25, 0.3) is 10.9 Å². The Kier molecular flexibility index (Phi) is 5.31. The van der Waals surface area contributed by atoms with Gasteiger partial charge in [0.2, 0.25) is 0 Å². The monoisotopic (exact) mass is 493 g/mol. The van der Waals surface area contributed by atoms with E-state index in [1.165, 1.54) is 11.1 Å². The molecule has 0 unspecified atom stereocenters. The normalized spacial score (nSPS) is 25.6. The molecule has 3 atom stereocenters. The van der Waals surface area contributed by atoms with E-state index >= 15 is 0 Å². The van der Waals surface area contributed by atoms with E-state index in [1.54, 1.807) is 6.20 Å². The molecule has 7 rings (SSSR count). The van der Waals surface area contributed by atoms with Crippen LogP contribution in [-0.2, 0) is 13.0 Å². The predicted octanol–water partition coefficient (Wildman–Crippen LogP) is 2.96. The first-order valence-corrected chi connectivity index (χ1v) is 13.3. The molecule has 3 aromatic rings. The van der Waals surface area contributed by atoms with Gasteiger partial charge in [0.05, 0.1) is 17.1 Å². The molecule has 4 aliphatic rings. The molecule has 5 heterocycles. The van der Waals surface area contributed by atoms with Crippen molar-refractivity contribution < 1.29 is 4.79 Å². The Morgan fingerprint density at radius 2 is 2.00 bits per heavy atom. The van der Waals surface area contributed by atoms with Gasteiger partial charge in [0.15, 0.2) is 0 Å². The SMILES string of the molecule is C[C@@H]1CN(c2ccc(C#N)c3ncccc23)C[C@@H]2Cc3cc(N4C[C@@H]5CNCCN5C4=O)ccc3CN21. The first-order valence-electron chi connectivity index (χ1n) is 13.3. The van der Waals surface area contributed by atoms with Gasteiger partial charge in [-0.1, -0.05) is 6.07 Å². The van der Waals surface area contributed by atoms with Crippen molar-refractivity contribution >= 4 is 28.3 Å². The number of piperazine rings is 2. The van der Waals surface area contributed by atoms with Crippen molar-refractivity contribution in [3.05, 3.63) is 65.4 Å². The number of benzene rings is 2. The Bertz CT molecular complexity index is 1430.